The summed E-state index contributed by atoms with van der Waals surface area (Å²) in [5, 5.41) is 3.87. The predicted molar refractivity (Wildman–Crippen MR) is 133 cm³/mol. The summed E-state index contributed by atoms with van der Waals surface area (Å²) in [5.74, 6) is 0.345. The third-order valence-corrected chi connectivity index (χ3v) is 5.53. The quantitative estimate of drug-likeness (QED) is 0.364. The van der Waals surface area contributed by atoms with Crippen molar-refractivity contribution in [2.24, 2.45) is 7.05 Å². The van der Waals surface area contributed by atoms with Crippen molar-refractivity contribution in [3.63, 3.8) is 0 Å². The fourth-order valence-electron chi connectivity index (χ4n) is 3.87. The molecule has 1 amide bonds. The van der Waals surface area contributed by atoms with Crippen LogP contribution in [0, 0.1) is 12.7 Å². The highest BCUT2D eigenvalue weighted by molar-refractivity contribution is 6.07. The van der Waals surface area contributed by atoms with Crippen LogP contribution in [0.1, 0.15) is 21.9 Å². The maximum Gasteiger partial charge on any atom is 0.272 e. The second-order valence-corrected chi connectivity index (χ2v) is 7.56. The Hall–Kier alpha value is -3.42. The Kier molecular flexibility index (Phi) is 7.05. The molecule has 0 saturated carbocycles. The first kappa shape index (κ1) is 24.2. The molecule has 5 rings (SSSR count). The number of amides is 1. The molecule has 0 aliphatic heterocycles. The number of anilines is 1. The number of aryl methyl sites for hydroxylation is 2. The second-order valence-electron chi connectivity index (χ2n) is 7.56. The van der Waals surface area contributed by atoms with Crippen LogP contribution in [0.25, 0.3) is 21.9 Å². The molecule has 0 atom stereocenters. The molecular weight excluding hydrogens is 464 g/mol. The summed E-state index contributed by atoms with van der Waals surface area (Å²) in [6, 6.07) is 15.7. The average molecular weight is 486 g/mol. The van der Waals surface area contributed by atoms with Crippen molar-refractivity contribution in [3.05, 3.63) is 89.9 Å². The van der Waals surface area contributed by atoms with E-state index >= 15 is 0 Å². The summed E-state index contributed by atoms with van der Waals surface area (Å²) < 4.78 is 17.6. The molecule has 0 aliphatic carbocycles. The number of imidazole rings is 1. The van der Waals surface area contributed by atoms with Gasteiger partial charge in [0.1, 0.15) is 17.3 Å². The van der Waals surface area contributed by atoms with E-state index in [1.54, 1.807) is 18.5 Å². The van der Waals surface area contributed by atoms with Crippen molar-refractivity contribution in [2.45, 2.75) is 13.5 Å². The lowest BCUT2D eigenvalue weighted by atomic mass is 10.2. The van der Waals surface area contributed by atoms with Crippen LogP contribution in [0.5, 0.6) is 0 Å². The molecule has 0 bridgehead atoms. The number of benzene rings is 2. The number of halogens is 3. The zero-order valence-electron chi connectivity index (χ0n) is 17.9. The number of pyridine rings is 1. The molecule has 0 aliphatic rings. The van der Waals surface area contributed by atoms with Crippen LogP contribution < -0.4 is 5.32 Å². The van der Waals surface area contributed by atoms with Gasteiger partial charge < -0.3 is 14.5 Å². The van der Waals surface area contributed by atoms with Crippen LogP contribution in [0.3, 0.4) is 0 Å². The molecule has 2 aromatic carbocycles. The monoisotopic (exact) mass is 485 g/mol. The number of hydrogen-bond acceptors (Lipinski definition) is 3. The fourth-order valence-corrected chi connectivity index (χ4v) is 3.87. The van der Waals surface area contributed by atoms with Gasteiger partial charge >= 0.3 is 0 Å². The van der Waals surface area contributed by atoms with Crippen LogP contribution in [0.15, 0.2) is 67.0 Å². The molecule has 0 spiro atoms. The molecule has 33 heavy (non-hydrogen) atoms. The highest BCUT2D eigenvalue weighted by Crippen LogP contribution is 2.24. The minimum atomic E-state index is -0.308. The highest BCUT2D eigenvalue weighted by Gasteiger charge is 2.17. The van der Waals surface area contributed by atoms with Gasteiger partial charge in [0, 0.05) is 30.9 Å². The van der Waals surface area contributed by atoms with Gasteiger partial charge in [-0.3, -0.25) is 9.78 Å². The molecule has 9 heteroatoms. The van der Waals surface area contributed by atoms with Gasteiger partial charge in [0.15, 0.2) is 0 Å². The molecule has 5 aromatic rings. The summed E-state index contributed by atoms with van der Waals surface area (Å²) in [7, 11) is 1.96. The van der Waals surface area contributed by atoms with E-state index < -0.39 is 0 Å². The molecule has 3 aromatic heterocycles. The van der Waals surface area contributed by atoms with E-state index in [4.69, 9.17) is 0 Å². The lowest BCUT2D eigenvalue weighted by Crippen LogP contribution is -2.17. The van der Waals surface area contributed by atoms with Crippen LogP contribution >= 0.6 is 24.8 Å². The van der Waals surface area contributed by atoms with Gasteiger partial charge in [-0.1, -0.05) is 12.1 Å². The smallest absolute Gasteiger partial charge is 0.272 e. The van der Waals surface area contributed by atoms with E-state index in [1.807, 2.05) is 59.5 Å². The topological polar surface area (TPSA) is 64.7 Å². The molecule has 0 saturated heterocycles. The van der Waals surface area contributed by atoms with Crippen LogP contribution in [-0.4, -0.2) is 25.0 Å². The molecule has 0 radical (unpaired) electrons. The molecule has 1 N–H and O–H groups in total. The van der Waals surface area contributed by atoms with Crippen molar-refractivity contribution < 1.29 is 9.18 Å². The van der Waals surface area contributed by atoms with Gasteiger partial charge in [0.25, 0.3) is 5.91 Å². The Morgan fingerprint density at radius 3 is 2.67 bits per heavy atom. The summed E-state index contributed by atoms with van der Waals surface area (Å²) in [6.45, 7) is 2.30. The molecule has 6 nitrogen and oxygen atoms in total. The number of aromatic nitrogens is 4. The van der Waals surface area contributed by atoms with Gasteiger partial charge in [0.2, 0.25) is 0 Å². The van der Waals surface area contributed by atoms with Gasteiger partial charge in [-0.05, 0) is 55.0 Å². The number of carbonyl (C=O) groups is 1. The Bertz CT molecular complexity index is 1460. The first-order valence-electron chi connectivity index (χ1n) is 9.92. The lowest BCUT2D eigenvalue weighted by Gasteiger charge is -2.11. The summed E-state index contributed by atoms with van der Waals surface area (Å²) >= 11 is 0. The van der Waals surface area contributed by atoms with Gasteiger partial charge in [-0.25, -0.2) is 9.37 Å². The van der Waals surface area contributed by atoms with Gasteiger partial charge in [0.05, 0.1) is 22.7 Å². The van der Waals surface area contributed by atoms with Crippen molar-refractivity contribution in [3.8, 4) is 0 Å². The first-order valence-corrected chi connectivity index (χ1v) is 9.92. The largest absolute Gasteiger partial charge is 0.331 e. The van der Waals surface area contributed by atoms with E-state index in [0.717, 1.165) is 33.3 Å². The van der Waals surface area contributed by atoms with Crippen molar-refractivity contribution in [2.75, 3.05) is 5.32 Å². The third kappa shape index (κ3) is 4.55. The molecular formula is C24H22Cl2FN5O. The summed E-state index contributed by atoms with van der Waals surface area (Å²) in [5.41, 5.74) is 4.54. The Morgan fingerprint density at radius 1 is 1.06 bits per heavy atom. The molecule has 170 valence electrons. The minimum absolute atomic E-state index is 0. The van der Waals surface area contributed by atoms with Crippen LogP contribution in [-0.2, 0) is 13.6 Å². The first-order chi connectivity index (χ1) is 15.0. The number of nitrogens with zero attached hydrogens (tertiary/aromatic N) is 4. The van der Waals surface area contributed by atoms with Gasteiger partial charge in [-0.2, -0.15) is 0 Å². The van der Waals surface area contributed by atoms with Gasteiger partial charge in [-0.15, -0.1) is 24.8 Å². The van der Waals surface area contributed by atoms with Crippen molar-refractivity contribution in [1.82, 2.24) is 19.1 Å². The Balaban J connectivity index is 0.00000153. The van der Waals surface area contributed by atoms with E-state index in [9.17, 15) is 9.18 Å². The number of nitrogens with one attached hydrogen (secondary N) is 1. The zero-order valence-corrected chi connectivity index (χ0v) is 19.6. The number of carbonyl (C=O) groups excluding carboxylic acids is 1. The molecule has 0 fully saturated rings. The van der Waals surface area contributed by atoms with E-state index in [0.29, 0.717) is 17.9 Å². The maximum absolute atomic E-state index is 13.7. The van der Waals surface area contributed by atoms with E-state index in [-0.39, 0.29) is 36.5 Å². The number of rotatable bonds is 4. The normalized spacial score (nSPS) is 10.6. The highest BCUT2D eigenvalue weighted by atomic mass is 35.5. The predicted octanol–water partition coefficient (Wildman–Crippen LogP) is 5.51. The average Bonchev–Trinajstić information content (AvgIpc) is 3.25. The molecule has 0 unspecified atom stereocenters. The Labute approximate surface area is 202 Å². The Morgan fingerprint density at radius 2 is 1.88 bits per heavy atom. The van der Waals surface area contributed by atoms with Crippen LogP contribution in [0.4, 0.5) is 10.1 Å². The second kappa shape index (κ2) is 9.60. The number of hydrogen-bond donors (Lipinski definition) is 1. The van der Waals surface area contributed by atoms with Crippen molar-refractivity contribution in [1.29, 1.82) is 0 Å². The summed E-state index contributed by atoms with van der Waals surface area (Å²) in [6.07, 6.45) is 3.40. The fraction of sp³-hybridized carbons (Fsp3) is 0.125. The zero-order chi connectivity index (χ0) is 21.5. The molecule has 3 heterocycles. The SMILES string of the molecule is Cc1nc2cc(NC(=O)c3cc4ccncc4n3Cc3cccc(F)c3)ccc2n1C.Cl.Cl. The van der Waals surface area contributed by atoms with Crippen LogP contribution in [0.2, 0.25) is 0 Å². The van der Waals surface area contributed by atoms with Crippen molar-refractivity contribution >= 4 is 58.3 Å². The number of fused-ring (bicyclic) bond motifs is 2. The van der Waals surface area contributed by atoms with E-state index in [1.165, 1.54) is 12.1 Å². The third-order valence-electron chi connectivity index (χ3n) is 5.53. The summed E-state index contributed by atoms with van der Waals surface area (Å²) in [4.78, 5) is 21.9. The van der Waals surface area contributed by atoms with E-state index in [2.05, 4.69) is 15.3 Å². The maximum atomic E-state index is 13.7. The lowest BCUT2D eigenvalue weighted by molar-refractivity contribution is 0.101. The minimum Gasteiger partial charge on any atom is -0.331 e. The standard InChI is InChI=1S/C24H20FN5O.2ClH/c1-15-27-20-12-19(6-7-21(20)29(15)2)28-24(31)22-11-17-8-9-26-13-23(17)30(22)14-16-4-3-5-18(25)10-16;;/h3-13H,14H2,1-2H3,(H,28,31);2*1H.